The lowest BCUT2D eigenvalue weighted by molar-refractivity contribution is -0.123. The van der Waals surface area contributed by atoms with Crippen LogP contribution in [0.15, 0.2) is 36.4 Å². The van der Waals surface area contributed by atoms with Crippen molar-refractivity contribution in [3.8, 4) is 11.5 Å². The van der Waals surface area contributed by atoms with Crippen LogP contribution >= 0.6 is 0 Å². The minimum absolute atomic E-state index is 0.0278. The molecule has 0 aromatic heterocycles. The summed E-state index contributed by atoms with van der Waals surface area (Å²) in [4.78, 5) is 23.7. The molecule has 0 aliphatic heterocycles. The Bertz CT molecular complexity index is 779. The third-order valence-corrected chi connectivity index (χ3v) is 4.38. The van der Waals surface area contributed by atoms with Crippen LogP contribution in [0.2, 0.25) is 0 Å². The Morgan fingerprint density at radius 1 is 0.724 bits per heavy atom. The van der Waals surface area contributed by atoms with Crippen LogP contribution in [0.25, 0.3) is 0 Å². The van der Waals surface area contributed by atoms with Crippen LogP contribution < -0.4 is 20.1 Å². The second kappa shape index (κ2) is 11.1. The van der Waals surface area contributed by atoms with E-state index in [0.717, 1.165) is 22.3 Å². The van der Waals surface area contributed by atoms with Crippen LogP contribution in [0.1, 0.15) is 28.7 Å². The molecule has 0 spiro atoms. The Hall–Kier alpha value is -3.02. The van der Waals surface area contributed by atoms with Crippen molar-refractivity contribution in [1.82, 2.24) is 10.6 Å². The van der Waals surface area contributed by atoms with Gasteiger partial charge in [-0.3, -0.25) is 9.59 Å². The van der Waals surface area contributed by atoms with Crippen LogP contribution in [-0.4, -0.2) is 38.1 Å². The van der Waals surface area contributed by atoms with Gasteiger partial charge < -0.3 is 20.1 Å². The van der Waals surface area contributed by atoms with E-state index in [9.17, 15) is 9.59 Å². The van der Waals surface area contributed by atoms with Gasteiger partial charge in [0, 0.05) is 13.1 Å². The van der Waals surface area contributed by atoms with Gasteiger partial charge in [0.1, 0.15) is 11.5 Å². The fraction of sp³-hybridized carbons (Fsp3) is 0.391. The van der Waals surface area contributed by atoms with Crippen molar-refractivity contribution in [1.29, 1.82) is 0 Å². The Balaban J connectivity index is 1.56. The first-order valence-electron chi connectivity index (χ1n) is 9.78. The molecule has 0 fully saturated rings. The average Bonchev–Trinajstić information content (AvgIpc) is 2.66. The number of ether oxygens (including phenoxy) is 2. The van der Waals surface area contributed by atoms with Gasteiger partial charge in [0.15, 0.2) is 13.2 Å². The largest absolute Gasteiger partial charge is 0.484 e. The SMILES string of the molecule is Cc1ccc(OCC(=O)NCCCNC(=O)COc2ccc(C)cc2C)c(C)c1. The van der Waals surface area contributed by atoms with Crippen LogP contribution in [-0.2, 0) is 9.59 Å². The van der Waals surface area contributed by atoms with Crippen LogP contribution in [0.5, 0.6) is 11.5 Å². The Kier molecular flexibility index (Phi) is 8.52. The molecule has 2 rings (SSSR count). The van der Waals surface area contributed by atoms with Gasteiger partial charge in [-0.05, 0) is 57.4 Å². The summed E-state index contributed by atoms with van der Waals surface area (Å²) in [6.07, 6.45) is 0.630. The molecule has 29 heavy (non-hydrogen) atoms. The Morgan fingerprint density at radius 2 is 1.14 bits per heavy atom. The molecule has 2 amide bonds. The first-order chi connectivity index (χ1) is 13.8. The number of carbonyl (C=O) groups excluding carboxylic acids is 2. The quantitative estimate of drug-likeness (QED) is 0.603. The van der Waals surface area contributed by atoms with Crippen molar-refractivity contribution in [3.05, 3.63) is 58.7 Å². The van der Waals surface area contributed by atoms with Crippen LogP contribution in [0.4, 0.5) is 0 Å². The fourth-order valence-corrected chi connectivity index (χ4v) is 2.86. The van der Waals surface area contributed by atoms with Gasteiger partial charge in [-0.15, -0.1) is 0 Å². The molecule has 0 radical (unpaired) electrons. The first kappa shape index (κ1) is 22.3. The van der Waals surface area contributed by atoms with Gasteiger partial charge in [0.2, 0.25) is 0 Å². The molecule has 2 aromatic carbocycles. The van der Waals surface area contributed by atoms with E-state index < -0.39 is 0 Å². The van der Waals surface area contributed by atoms with E-state index >= 15 is 0 Å². The predicted molar refractivity (Wildman–Crippen MR) is 113 cm³/mol. The molecule has 2 aromatic rings. The van der Waals surface area contributed by atoms with E-state index in [-0.39, 0.29) is 25.0 Å². The summed E-state index contributed by atoms with van der Waals surface area (Å²) in [6.45, 7) is 8.80. The standard InChI is InChI=1S/C23H30N2O4/c1-16-6-8-20(18(3)12-16)28-14-22(26)24-10-5-11-25-23(27)15-29-21-9-7-17(2)13-19(21)4/h6-9,12-13H,5,10-11,14-15H2,1-4H3,(H,24,26)(H,25,27). The van der Waals surface area contributed by atoms with Gasteiger partial charge in [-0.25, -0.2) is 0 Å². The van der Waals surface area contributed by atoms with Crippen LogP contribution in [0.3, 0.4) is 0 Å². The second-order valence-electron chi connectivity index (χ2n) is 7.17. The lowest BCUT2D eigenvalue weighted by atomic mass is 10.1. The molecule has 0 saturated heterocycles. The van der Waals surface area contributed by atoms with Crippen LogP contribution in [0, 0.1) is 27.7 Å². The third-order valence-electron chi connectivity index (χ3n) is 4.38. The average molecular weight is 399 g/mol. The van der Waals surface area contributed by atoms with E-state index in [1.165, 1.54) is 0 Å². The smallest absolute Gasteiger partial charge is 0.257 e. The highest BCUT2D eigenvalue weighted by molar-refractivity contribution is 5.78. The molecule has 2 N–H and O–H groups in total. The van der Waals surface area contributed by atoms with Crippen molar-refractivity contribution in [2.45, 2.75) is 34.1 Å². The molecule has 0 aliphatic carbocycles. The number of amides is 2. The van der Waals surface area contributed by atoms with E-state index in [2.05, 4.69) is 10.6 Å². The van der Waals surface area contributed by atoms with E-state index in [4.69, 9.17) is 9.47 Å². The minimum Gasteiger partial charge on any atom is -0.484 e. The molecule has 0 bridgehead atoms. The van der Waals surface area contributed by atoms with Gasteiger partial charge in [0.25, 0.3) is 11.8 Å². The molecular formula is C23H30N2O4. The van der Waals surface area contributed by atoms with Crippen molar-refractivity contribution in [2.75, 3.05) is 26.3 Å². The molecule has 6 nitrogen and oxygen atoms in total. The molecular weight excluding hydrogens is 368 g/mol. The maximum atomic E-state index is 11.9. The second-order valence-corrected chi connectivity index (χ2v) is 7.17. The summed E-state index contributed by atoms with van der Waals surface area (Å²) in [5.74, 6) is 1.05. The zero-order chi connectivity index (χ0) is 21.2. The maximum absolute atomic E-state index is 11.9. The summed E-state index contributed by atoms with van der Waals surface area (Å²) in [5.41, 5.74) is 4.31. The van der Waals surface area contributed by atoms with E-state index in [1.54, 1.807) is 0 Å². The van der Waals surface area contributed by atoms with Crippen molar-refractivity contribution < 1.29 is 19.1 Å². The number of hydrogen-bond acceptors (Lipinski definition) is 4. The topological polar surface area (TPSA) is 76.7 Å². The molecule has 0 saturated carbocycles. The first-order valence-corrected chi connectivity index (χ1v) is 9.78. The number of aryl methyl sites for hydroxylation is 4. The lowest BCUT2D eigenvalue weighted by Crippen LogP contribution is -2.34. The van der Waals surface area contributed by atoms with E-state index in [0.29, 0.717) is 31.0 Å². The molecule has 0 atom stereocenters. The predicted octanol–water partition coefficient (Wildman–Crippen LogP) is 3.00. The zero-order valence-electron chi connectivity index (χ0n) is 17.6. The zero-order valence-corrected chi connectivity index (χ0v) is 17.6. The molecule has 156 valence electrons. The number of hydrogen-bond donors (Lipinski definition) is 2. The number of carbonyl (C=O) groups is 2. The fourth-order valence-electron chi connectivity index (χ4n) is 2.86. The number of benzene rings is 2. The van der Waals surface area contributed by atoms with Gasteiger partial charge in [0.05, 0.1) is 0 Å². The number of nitrogens with one attached hydrogen (secondary N) is 2. The van der Waals surface area contributed by atoms with Crippen molar-refractivity contribution in [3.63, 3.8) is 0 Å². The summed E-state index contributed by atoms with van der Waals surface area (Å²) < 4.78 is 11.1. The highest BCUT2D eigenvalue weighted by atomic mass is 16.5. The minimum atomic E-state index is -0.186. The van der Waals surface area contributed by atoms with Crippen molar-refractivity contribution in [2.24, 2.45) is 0 Å². The highest BCUT2D eigenvalue weighted by Crippen LogP contribution is 2.19. The molecule has 0 aliphatic rings. The number of rotatable bonds is 10. The maximum Gasteiger partial charge on any atom is 0.257 e. The Labute approximate surface area is 172 Å². The van der Waals surface area contributed by atoms with Gasteiger partial charge in [-0.2, -0.15) is 0 Å². The Morgan fingerprint density at radius 3 is 1.52 bits per heavy atom. The summed E-state index contributed by atoms with van der Waals surface area (Å²) >= 11 is 0. The van der Waals surface area contributed by atoms with Gasteiger partial charge >= 0.3 is 0 Å². The highest BCUT2D eigenvalue weighted by Gasteiger charge is 2.06. The normalized spacial score (nSPS) is 10.3. The molecule has 6 heteroatoms. The summed E-state index contributed by atoms with van der Waals surface area (Å²) in [7, 11) is 0. The summed E-state index contributed by atoms with van der Waals surface area (Å²) in [5, 5.41) is 5.56. The van der Waals surface area contributed by atoms with Crippen molar-refractivity contribution >= 4 is 11.8 Å². The molecule has 0 unspecified atom stereocenters. The lowest BCUT2D eigenvalue weighted by Gasteiger charge is -2.11. The monoisotopic (exact) mass is 398 g/mol. The summed E-state index contributed by atoms with van der Waals surface area (Å²) in [6, 6.07) is 11.7. The van der Waals surface area contributed by atoms with E-state index in [1.807, 2.05) is 64.1 Å². The van der Waals surface area contributed by atoms with Gasteiger partial charge in [-0.1, -0.05) is 35.4 Å². The molecule has 0 heterocycles. The third kappa shape index (κ3) is 7.86.